The number of alkyl carbamates (subject to hydrolysis) is 1. The maximum Gasteiger partial charge on any atom is 0.408 e. The molecule has 0 saturated heterocycles. The highest BCUT2D eigenvalue weighted by molar-refractivity contribution is 6.33. The van der Waals surface area contributed by atoms with Crippen molar-refractivity contribution in [1.29, 1.82) is 0 Å². The van der Waals surface area contributed by atoms with Crippen LogP contribution in [-0.2, 0) is 9.53 Å². The van der Waals surface area contributed by atoms with Crippen molar-refractivity contribution in [1.82, 2.24) is 5.32 Å². The molecule has 2 rings (SSSR count). The van der Waals surface area contributed by atoms with E-state index in [-0.39, 0.29) is 16.4 Å². The van der Waals surface area contributed by atoms with Crippen molar-refractivity contribution < 1.29 is 23.5 Å². The van der Waals surface area contributed by atoms with Gasteiger partial charge in [0.15, 0.2) is 5.75 Å². The van der Waals surface area contributed by atoms with E-state index >= 15 is 0 Å². The first-order chi connectivity index (χ1) is 13.4. The predicted molar refractivity (Wildman–Crippen MR) is 111 cm³/mol. The molecule has 1 amide bonds. The lowest BCUT2D eigenvalue weighted by Gasteiger charge is -2.22. The van der Waals surface area contributed by atoms with Gasteiger partial charge in [0.2, 0.25) is 0 Å². The highest BCUT2D eigenvalue weighted by atomic mass is 35.5. The van der Waals surface area contributed by atoms with E-state index in [1.807, 2.05) is 6.92 Å². The number of esters is 1. The molecule has 0 aliphatic heterocycles. The third-order valence-corrected chi connectivity index (χ3v) is 4.57. The lowest BCUT2D eigenvalue weighted by Crippen LogP contribution is -2.45. The molecule has 1 aromatic heterocycles. The summed E-state index contributed by atoms with van der Waals surface area (Å²) in [4.78, 5) is 36.6. The van der Waals surface area contributed by atoms with Crippen molar-refractivity contribution in [3.8, 4) is 5.75 Å². The Balaban J connectivity index is 2.28. The summed E-state index contributed by atoms with van der Waals surface area (Å²) in [5, 5.41) is 3.37. The molecule has 1 atom stereocenters. The minimum absolute atomic E-state index is 0.0441. The number of rotatable bonds is 5. The van der Waals surface area contributed by atoms with Gasteiger partial charge in [-0.1, -0.05) is 24.9 Å². The molecule has 0 saturated carbocycles. The summed E-state index contributed by atoms with van der Waals surface area (Å²) < 4.78 is 15.9. The molecule has 2 aromatic rings. The maximum atomic E-state index is 12.6. The fourth-order valence-electron chi connectivity index (χ4n) is 2.69. The van der Waals surface area contributed by atoms with Gasteiger partial charge in [0.05, 0.1) is 5.02 Å². The van der Waals surface area contributed by atoms with Crippen molar-refractivity contribution >= 4 is 34.6 Å². The normalized spacial score (nSPS) is 12.5. The lowest BCUT2D eigenvalue weighted by atomic mass is 10.1. The summed E-state index contributed by atoms with van der Waals surface area (Å²) in [5.74, 6) is -0.646. The van der Waals surface area contributed by atoms with Crippen LogP contribution in [0.5, 0.6) is 5.75 Å². The van der Waals surface area contributed by atoms with E-state index < -0.39 is 29.3 Å². The van der Waals surface area contributed by atoms with Gasteiger partial charge in [-0.25, -0.2) is 14.4 Å². The van der Waals surface area contributed by atoms with Gasteiger partial charge in [-0.3, -0.25) is 0 Å². The van der Waals surface area contributed by atoms with Gasteiger partial charge in [0.25, 0.3) is 0 Å². The zero-order chi connectivity index (χ0) is 21.9. The summed E-state index contributed by atoms with van der Waals surface area (Å²) in [6, 6.07) is 2.08. The second kappa shape index (κ2) is 8.86. The van der Waals surface area contributed by atoms with Crippen LogP contribution in [0.1, 0.15) is 51.7 Å². The average molecular weight is 424 g/mol. The van der Waals surface area contributed by atoms with Crippen molar-refractivity contribution in [2.75, 3.05) is 0 Å². The van der Waals surface area contributed by atoms with Gasteiger partial charge in [-0.15, -0.1) is 0 Å². The zero-order valence-electron chi connectivity index (χ0n) is 17.5. The number of amides is 1. The van der Waals surface area contributed by atoms with E-state index in [1.165, 1.54) is 6.07 Å². The summed E-state index contributed by atoms with van der Waals surface area (Å²) in [5.41, 5.74) is 0.330. The summed E-state index contributed by atoms with van der Waals surface area (Å²) in [6.45, 7) is 10.5. The Kier molecular flexibility index (Phi) is 6.95. The lowest BCUT2D eigenvalue weighted by molar-refractivity contribution is -0.137. The first kappa shape index (κ1) is 22.7. The van der Waals surface area contributed by atoms with Crippen LogP contribution in [-0.4, -0.2) is 23.7 Å². The highest BCUT2D eigenvalue weighted by Crippen LogP contribution is 2.32. The number of fused-ring (bicyclic) bond motifs is 1. The Morgan fingerprint density at radius 1 is 1.21 bits per heavy atom. The molecular formula is C21H26ClNO6. The predicted octanol–water partition coefficient (Wildman–Crippen LogP) is 4.66. The number of halogens is 1. The van der Waals surface area contributed by atoms with Crippen molar-refractivity contribution in [2.45, 2.75) is 66.0 Å². The third-order valence-electron chi connectivity index (χ3n) is 4.27. The third kappa shape index (κ3) is 5.73. The van der Waals surface area contributed by atoms with Crippen LogP contribution in [0, 0.1) is 13.8 Å². The smallest absolute Gasteiger partial charge is 0.408 e. The van der Waals surface area contributed by atoms with E-state index in [9.17, 15) is 14.4 Å². The highest BCUT2D eigenvalue weighted by Gasteiger charge is 2.26. The molecule has 0 bridgehead atoms. The minimum Gasteiger partial charge on any atom is -0.444 e. The van der Waals surface area contributed by atoms with E-state index in [2.05, 4.69) is 5.32 Å². The van der Waals surface area contributed by atoms with Crippen molar-refractivity contribution in [3.63, 3.8) is 0 Å². The quantitative estimate of drug-likeness (QED) is 0.427. The van der Waals surface area contributed by atoms with Gasteiger partial charge in [0.1, 0.15) is 17.2 Å². The molecule has 1 N–H and O–H groups in total. The van der Waals surface area contributed by atoms with Crippen LogP contribution in [0.4, 0.5) is 4.79 Å². The van der Waals surface area contributed by atoms with E-state index in [0.29, 0.717) is 23.8 Å². The minimum atomic E-state index is -0.909. The monoisotopic (exact) mass is 423 g/mol. The number of hydrogen-bond acceptors (Lipinski definition) is 6. The van der Waals surface area contributed by atoms with E-state index in [1.54, 1.807) is 40.7 Å². The van der Waals surface area contributed by atoms with Gasteiger partial charge in [-0.2, -0.15) is 0 Å². The van der Waals surface area contributed by atoms with Gasteiger partial charge < -0.3 is 19.2 Å². The van der Waals surface area contributed by atoms with Crippen LogP contribution < -0.4 is 15.7 Å². The number of nitrogens with one attached hydrogen (secondary N) is 1. The molecule has 0 spiro atoms. The average Bonchev–Trinajstić information content (AvgIpc) is 2.59. The molecule has 29 heavy (non-hydrogen) atoms. The summed E-state index contributed by atoms with van der Waals surface area (Å²) in [7, 11) is 0. The molecule has 0 radical (unpaired) electrons. The Morgan fingerprint density at radius 2 is 1.86 bits per heavy atom. The van der Waals surface area contributed by atoms with Crippen LogP contribution >= 0.6 is 11.6 Å². The SMILES string of the molecule is CCCC(NC(=O)OC(C)(C)C)C(=O)Oc1cc2oc(=O)c(C)c(C)c2cc1Cl. The Morgan fingerprint density at radius 3 is 2.45 bits per heavy atom. The second-order valence-electron chi connectivity index (χ2n) is 7.83. The number of carbonyl (C=O) groups is 2. The number of ether oxygens (including phenoxy) is 2. The molecule has 0 aliphatic carbocycles. The van der Waals surface area contributed by atoms with Gasteiger partial charge >= 0.3 is 17.7 Å². The van der Waals surface area contributed by atoms with Gasteiger partial charge in [0, 0.05) is 17.0 Å². The Hall–Kier alpha value is -2.54. The van der Waals surface area contributed by atoms with Gasteiger partial charge in [-0.05, 0) is 52.7 Å². The molecule has 1 aromatic carbocycles. The molecule has 8 heteroatoms. The first-order valence-electron chi connectivity index (χ1n) is 9.37. The molecule has 0 fully saturated rings. The van der Waals surface area contributed by atoms with E-state index in [4.69, 9.17) is 25.5 Å². The molecule has 7 nitrogen and oxygen atoms in total. The second-order valence-corrected chi connectivity index (χ2v) is 8.23. The van der Waals surface area contributed by atoms with Crippen LogP contribution in [0.15, 0.2) is 21.3 Å². The Bertz CT molecular complexity index is 989. The molecule has 0 aliphatic rings. The number of benzene rings is 1. The Labute approximate surface area is 174 Å². The molecular weight excluding hydrogens is 398 g/mol. The summed E-state index contributed by atoms with van der Waals surface area (Å²) >= 11 is 6.28. The summed E-state index contributed by atoms with van der Waals surface area (Å²) in [6.07, 6.45) is 0.278. The number of aryl methyl sites for hydroxylation is 1. The number of carbonyl (C=O) groups excluding carboxylic acids is 2. The molecule has 1 heterocycles. The van der Waals surface area contributed by atoms with E-state index in [0.717, 1.165) is 5.56 Å². The van der Waals surface area contributed by atoms with Crippen LogP contribution in [0.25, 0.3) is 11.0 Å². The largest absolute Gasteiger partial charge is 0.444 e. The zero-order valence-corrected chi connectivity index (χ0v) is 18.2. The van der Waals surface area contributed by atoms with Crippen LogP contribution in [0.2, 0.25) is 5.02 Å². The van der Waals surface area contributed by atoms with Crippen molar-refractivity contribution in [2.24, 2.45) is 0 Å². The fraction of sp³-hybridized carbons (Fsp3) is 0.476. The maximum absolute atomic E-state index is 12.6. The number of hydrogen-bond donors (Lipinski definition) is 1. The van der Waals surface area contributed by atoms with Crippen LogP contribution in [0.3, 0.4) is 0 Å². The molecule has 158 valence electrons. The fourth-order valence-corrected chi connectivity index (χ4v) is 2.89. The first-order valence-corrected chi connectivity index (χ1v) is 9.75. The topological polar surface area (TPSA) is 94.8 Å². The standard InChI is InChI=1S/C21H26ClNO6/c1-7-8-15(23-20(26)29-21(4,5)6)19(25)28-17-10-16-13(9-14(17)22)11(2)12(3)18(24)27-16/h9-10,15H,7-8H2,1-6H3,(H,23,26). The molecule has 1 unspecified atom stereocenters. The van der Waals surface area contributed by atoms with Crippen molar-refractivity contribution in [3.05, 3.63) is 38.7 Å².